The zero-order valence-electron chi connectivity index (χ0n) is 17.0. The molecule has 0 bridgehead atoms. The Morgan fingerprint density at radius 2 is 1.74 bits per heavy atom. The molecule has 2 atom stereocenters. The van der Waals surface area contributed by atoms with E-state index in [-0.39, 0.29) is 31.2 Å². The fourth-order valence-electron chi connectivity index (χ4n) is 3.95. The fraction of sp³-hybridized carbons (Fsp3) is 0.409. The molecule has 0 aromatic heterocycles. The Kier molecular flexibility index (Phi) is 7.20. The number of carbonyl (C=O) groups excluding carboxylic acids is 1. The van der Waals surface area contributed by atoms with E-state index < -0.39 is 0 Å². The molecule has 2 N–H and O–H groups in total. The average molecular weight is 466 g/mol. The largest absolute Gasteiger partial charge is 0.486 e. The summed E-state index contributed by atoms with van der Waals surface area (Å²) in [5.41, 5.74) is 0.435. The molecule has 9 heteroatoms. The molecule has 2 aromatic rings. The van der Waals surface area contributed by atoms with Gasteiger partial charge in [-0.05, 0) is 24.3 Å². The lowest BCUT2D eigenvalue weighted by atomic mass is 10.1. The molecule has 2 aliphatic rings. The van der Waals surface area contributed by atoms with Gasteiger partial charge in [0.2, 0.25) is 5.91 Å². The Balaban J connectivity index is 1.29. The van der Waals surface area contributed by atoms with Gasteiger partial charge in [-0.3, -0.25) is 14.6 Å². The molecule has 166 valence electrons. The maximum atomic E-state index is 12.5. The second-order valence-electron chi connectivity index (χ2n) is 7.62. The van der Waals surface area contributed by atoms with Gasteiger partial charge in [0.25, 0.3) is 0 Å². The maximum Gasteiger partial charge on any atom is 0.238 e. The SMILES string of the molecule is O=C(CN1CCN(C(CO)C2COc3ccccc3O2)CC1)Nc1c(Cl)cccc1Cl. The van der Waals surface area contributed by atoms with E-state index in [1.165, 1.54) is 0 Å². The number of para-hydroxylation sites is 3. The number of fused-ring (bicyclic) bond motifs is 1. The van der Waals surface area contributed by atoms with Gasteiger partial charge in [0.1, 0.15) is 6.61 Å². The summed E-state index contributed by atoms with van der Waals surface area (Å²) in [6.07, 6.45) is -0.253. The van der Waals surface area contributed by atoms with Crippen LogP contribution in [0.2, 0.25) is 10.0 Å². The van der Waals surface area contributed by atoms with E-state index in [2.05, 4.69) is 15.1 Å². The van der Waals surface area contributed by atoms with Gasteiger partial charge in [-0.2, -0.15) is 0 Å². The van der Waals surface area contributed by atoms with E-state index in [1.54, 1.807) is 18.2 Å². The number of hydrogen-bond donors (Lipinski definition) is 2. The lowest BCUT2D eigenvalue weighted by Gasteiger charge is -2.42. The summed E-state index contributed by atoms with van der Waals surface area (Å²) in [5, 5.41) is 13.6. The van der Waals surface area contributed by atoms with Crippen molar-refractivity contribution in [1.29, 1.82) is 0 Å². The third-order valence-corrected chi connectivity index (χ3v) is 6.25. The van der Waals surface area contributed by atoms with Crippen LogP contribution in [0.1, 0.15) is 0 Å². The highest BCUT2D eigenvalue weighted by molar-refractivity contribution is 6.39. The first kappa shape index (κ1) is 22.2. The number of nitrogens with one attached hydrogen (secondary N) is 1. The highest BCUT2D eigenvalue weighted by Crippen LogP contribution is 2.32. The molecule has 0 aliphatic carbocycles. The number of nitrogens with zero attached hydrogens (tertiary/aromatic N) is 2. The van der Waals surface area contributed by atoms with Gasteiger partial charge >= 0.3 is 0 Å². The quantitative estimate of drug-likeness (QED) is 0.682. The molecule has 1 saturated heterocycles. The van der Waals surface area contributed by atoms with E-state index in [1.807, 2.05) is 24.3 Å². The second-order valence-corrected chi connectivity index (χ2v) is 8.44. The highest BCUT2D eigenvalue weighted by Gasteiger charge is 2.34. The van der Waals surface area contributed by atoms with Crippen molar-refractivity contribution in [1.82, 2.24) is 9.80 Å². The minimum Gasteiger partial charge on any atom is -0.486 e. The molecule has 0 spiro atoms. The lowest BCUT2D eigenvalue weighted by Crippen LogP contribution is -2.58. The minimum absolute atomic E-state index is 0.0261. The molecule has 0 saturated carbocycles. The number of hydrogen-bond acceptors (Lipinski definition) is 6. The predicted octanol–water partition coefficient (Wildman–Crippen LogP) is 2.75. The minimum atomic E-state index is -0.253. The van der Waals surface area contributed by atoms with Crippen LogP contribution in [0.25, 0.3) is 0 Å². The van der Waals surface area contributed by atoms with Crippen molar-refractivity contribution in [3.8, 4) is 11.5 Å². The van der Waals surface area contributed by atoms with E-state index in [0.29, 0.717) is 54.3 Å². The van der Waals surface area contributed by atoms with Crippen LogP contribution in [0.3, 0.4) is 0 Å². The van der Waals surface area contributed by atoms with Gasteiger partial charge in [-0.15, -0.1) is 0 Å². The van der Waals surface area contributed by atoms with Crippen molar-refractivity contribution in [3.63, 3.8) is 0 Å². The molecular formula is C22H25Cl2N3O4. The molecule has 2 aromatic carbocycles. The molecule has 2 unspecified atom stereocenters. The molecule has 0 radical (unpaired) electrons. The Hall–Kier alpha value is -2.03. The monoisotopic (exact) mass is 465 g/mol. The van der Waals surface area contributed by atoms with Gasteiger partial charge in [0.15, 0.2) is 17.6 Å². The summed E-state index contributed by atoms with van der Waals surface area (Å²) in [7, 11) is 0. The molecule has 4 rings (SSSR count). The Bertz CT molecular complexity index is 901. The van der Waals surface area contributed by atoms with E-state index >= 15 is 0 Å². The Morgan fingerprint density at radius 3 is 2.42 bits per heavy atom. The topological polar surface area (TPSA) is 74.3 Å². The van der Waals surface area contributed by atoms with Gasteiger partial charge in [0, 0.05) is 26.2 Å². The smallest absolute Gasteiger partial charge is 0.238 e. The van der Waals surface area contributed by atoms with Crippen molar-refractivity contribution in [2.45, 2.75) is 12.1 Å². The molecular weight excluding hydrogens is 441 g/mol. The van der Waals surface area contributed by atoms with Crippen LogP contribution in [0.4, 0.5) is 5.69 Å². The maximum absolute atomic E-state index is 12.5. The first-order valence-electron chi connectivity index (χ1n) is 10.2. The average Bonchev–Trinajstić information content (AvgIpc) is 2.78. The van der Waals surface area contributed by atoms with Gasteiger partial charge in [0.05, 0.1) is 34.9 Å². The standard InChI is InChI=1S/C22H25Cl2N3O4/c23-15-4-3-5-16(24)22(15)25-21(29)12-26-8-10-27(11-9-26)17(13-28)20-14-30-18-6-1-2-7-19(18)31-20/h1-7,17,20,28H,8-14H2,(H,25,29). The third kappa shape index (κ3) is 5.25. The normalized spacial score (nSPS) is 20.3. The number of aliphatic hydroxyl groups is 1. The van der Waals surface area contributed by atoms with Crippen LogP contribution in [0.5, 0.6) is 11.5 Å². The zero-order valence-corrected chi connectivity index (χ0v) is 18.5. The third-order valence-electron chi connectivity index (χ3n) is 5.62. The van der Waals surface area contributed by atoms with Crippen molar-refractivity contribution in [2.75, 3.05) is 51.3 Å². The van der Waals surface area contributed by atoms with Crippen molar-refractivity contribution >= 4 is 34.8 Å². The molecule has 2 aliphatic heterocycles. The number of amides is 1. The van der Waals surface area contributed by atoms with Crippen molar-refractivity contribution in [3.05, 3.63) is 52.5 Å². The van der Waals surface area contributed by atoms with Crippen LogP contribution in [0.15, 0.2) is 42.5 Å². The van der Waals surface area contributed by atoms with Gasteiger partial charge in [-0.25, -0.2) is 0 Å². The number of aliphatic hydroxyl groups excluding tert-OH is 1. The summed E-state index contributed by atoms with van der Waals surface area (Å²) in [4.78, 5) is 16.7. The van der Waals surface area contributed by atoms with Crippen LogP contribution < -0.4 is 14.8 Å². The number of rotatable bonds is 6. The second kappa shape index (κ2) is 10.1. The molecule has 2 heterocycles. The van der Waals surface area contributed by atoms with Crippen LogP contribution in [-0.4, -0.2) is 78.9 Å². The van der Waals surface area contributed by atoms with Crippen LogP contribution >= 0.6 is 23.2 Å². The molecule has 1 fully saturated rings. The first-order valence-corrected chi connectivity index (χ1v) is 11.0. The summed E-state index contributed by atoms with van der Waals surface area (Å²) in [5.74, 6) is 1.26. The van der Waals surface area contributed by atoms with Crippen molar-refractivity contribution in [2.24, 2.45) is 0 Å². The fourth-order valence-corrected chi connectivity index (χ4v) is 4.44. The van der Waals surface area contributed by atoms with Crippen LogP contribution in [-0.2, 0) is 4.79 Å². The van der Waals surface area contributed by atoms with Crippen molar-refractivity contribution < 1.29 is 19.4 Å². The number of anilines is 1. The van der Waals surface area contributed by atoms with Gasteiger partial charge in [-0.1, -0.05) is 41.4 Å². The van der Waals surface area contributed by atoms with E-state index in [4.69, 9.17) is 32.7 Å². The summed E-state index contributed by atoms with van der Waals surface area (Å²) >= 11 is 12.3. The highest BCUT2D eigenvalue weighted by atomic mass is 35.5. The zero-order chi connectivity index (χ0) is 21.8. The van der Waals surface area contributed by atoms with Crippen LogP contribution in [0, 0.1) is 0 Å². The lowest BCUT2D eigenvalue weighted by molar-refractivity contribution is -0.118. The Morgan fingerprint density at radius 1 is 1.06 bits per heavy atom. The number of ether oxygens (including phenoxy) is 2. The number of carbonyl (C=O) groups is 1. The Labute approximate surface area is 191 Å². The molecule has 31 heavy (non-hydrogen) atoms. The molecule has 1 amide bonds. The van der Waals surface area contributed by atoms with E-state index in [9.17, 15) is 9.90 Å². The number of halogens is 2. The summed E-state index contributed by atoms with van der Waals surface area (Å²) < 4.78 is 11.9. The molecule has 7 nitrogen and oxygen atoms in total. The first-order chi connectivity index (χ1) is 15.0. The summed E-state index contributed by atoms with van der Waals surface area (Å²) in [6, 6.07) is 12.5. The predicted molar refractivity (Wildman–Crippen MR) is 120 cm³/mol. The van der Waals surface area contributed by atoms with E-state index in [0.717, 1.165) is 5.75 Å². The summed E-state index contributed by atoms with van der Waals surface area (Å²) in [6.45, 7) is 3.44. The number of piperazine rings is 1. The number of benzene rings is 2. The van der Waals surface area contributed by atoms with Gasteiger partial charge < -0.3 is 19.9 Å².